The minimum atomic E-state index is -5.23. The van der Waals surface area contributed by atoms with Gasteiger partial charge in [-0.15, -0.1) is 0 Å². The molecular formula is C77H116F10N12O14. The molecule has 0 aromatic carbocycles. The van der Waals surface area contributed by atoms with Gasteiger partial charge >= 0.3 is 12.4 Å². The second kappa shape index (κ2) is 37.9. The Morgan fingerprint density at radius 3 is 1.79 bits per heavy atom. The van der Waals surface area contributed by atoms with Crippen LogP contribution in [0.25, 0.3) is 0 Å². The molecule has 12 amide bonds. The molecule has 4 aliphatic heterocycles. The van der Waals surface area contributed by atoms with Crippen molar-refractivity contribution in [3.63, 3.8) is 0 Å². The van der Waals surface area contributed by atoms with Crippen LogP contribution in [0.4, 0.5) is 43.9 Å². The van der Waals surface area contributed by atoms with Crippen molar-refractivity contribution >= 4 is 70.9 Å². The summed E-state index contributed by atoms with van der Waals surface area (Å²) in [7, 11) is 7.64. The number of amides is 12. The fourth-order valence-electron chi connectivity index (χ4n) is 18.6. The predicted octanol–water partition coefficient (Wildman–Crippen LogP) is 6.34. The van der Waals surface area contributed by atoms with E-state index in [0.717, 1.165) is 29.4 Å². The summed E-state index contributed by atoms with van der Waals surface area (Å²) in [6.45, 7) is 3.35. The van der Waals surface area contributed by atoms with Crippen LogP contribution in [0.3, 0.4) is 0 Å². The average Bonchev–Trinajstić information content (AvgIpc) is 1.66. The van der Waals surface area contributed by atoms with Crippen molar-refractivity contribution in [3.05, 3.63) is 0 Å². The van der Waals surface area contributed by atoms with E-state index in [1.165, 1.54) is 57.0 Å². The summed E-state index contributed by atoms with van der Waals surface area (Å²) < 4.78 is 157. The Balaban J connectivity index is 1.11. The van der Waals surface area contributed by atoms with Gasteiger partial charge in [-0.2, -0.15) is 26.3 Å². The Kier molecular flexibility index (Phi) is 30.1. The maximum Gasteiger partial charge on any atom is 0.397 e. The van der Waals surface area contributed by atoms with Crippen molar-refractivity contribution in [1.82, 2.24) is 60.0 Å². The number of carbonyl (C=O) groups excluding carboxylic acids is 12. The molecule has 36 heteroatoms. The average molecular weight is 1620 g/mol. The van der Waals surface area contributed by atoms with E-state index in [9.17, 15) is 49.5 Å². The normalized spacial score (nSPS) is 32.8. The van der Waals surface area contributed by atoms with Crippen LogP contribution in [0, 0.1) is 41.4 Å². The van der Waals surface area contributed by atoms with Crippen LogP contribution < -0.4 is 16.0 Å². The van der Waals surface area contributed by atoms with Gasteiger partial charge in [0.25, 0.3) is 0 Å². The Labute approximate surface area is 654 Å². The molecule has 2 bridgehead atoms. The number of carbonyl (C=O) groups is 12. The highest BCUT2D eigenvalue weighted by molar-refractivity contribution is 6.01. The Morgan fingerprint density at radius 1 is 0.593 bits per heavy atom. The van der Waals surface area contributed by atoms with Gasteiger partial charge in [0.05, 0.1) is 44.7 Å². The quantitative estimate of drug-likeness (QED) is 0.180. The molecule has 4 heterocycles. The van der Waals surface area contributed by atoms with Gasteiger partial charge in [-0.1, -0.05) is 39.5 Å². The minimum Gasteiger partial charge on any atom is -0.378 e. The molecule has 9 aliphatic rings. The molecule has 11 atom stereocenters. The fourth-order valence-corrected chi connectivity index (χ4v) is 18.6. The SMILES string of the molecule is CCO[C@@H]1C[C@H]2C(=O)NC3(CCC3)C(=O)N(C)[C@@H](C3CCCC3)C(=O)N(C)[C@H](C(=O)N3CCOCC3)CC(=O)N(C)[C@@H](CC(C)C)C(=O)N[C@@H](C3CC(F)(F)C3)C(=O)N(C)CC(=O)N(C)[C@H]3CCCCCN(C3=O)[C@@H](CC3CCC(C(F)(F)F)CC3)C(=O)N(C)CC(=O)N[C@@H](CCC3CC(F)C(C(F)(F)F)C(F)C3)C(=O)N2C1. The van der Waals surface area contributed by atoms with Crippen molar-refractivity contribution in [3.8, 4) is 0 Å². The van der Waals surface area contributed by atoms with Crippen LogP contribution in [-0.2, 0) is 67.0 Å². The summed E-state index contributed by atoms with van der Waals surface area (Å²) in [6, 6.07) is -12.2. The Bertz CT molecular complexity index is 3390. The lowest BCUT2D eigenvalue weighted by molar-refractivity contribution is -0.219. The highest BCUT2D eigenvalue weighted by atomic mass is 19.4. The van der Waals surface area contributed by atoms with E-state index < -0.39 is 249 Å². The minimum absolute atomic E-state index is 0.0154. The van der Waals surface area contributed by atoms with Crippen molar-refractivity contribution in [2.45, 2.75) is 272 Å². The Hall–Kier alpha value is -7.14. The first kappa shape index (κ1) is 89.8. The van der Waals surface area contributed by atoms with Gasteiger partial charge < -0.3 is 69.5 Å². The van der Waals surface area contributed by atoms with Crippen molar-refractivity contribution in [1.29, 1.82) is 0 Å². The zero-order chi connectivity index (χ0) is 83.1. The zero-order valence-corrected chi connectivity index (χ0v) is 66.5. The molecule has 5 aliphatic carbocycles. The molecule has 0 aromatic heterocycles. The number of hydrogen-bond acceptors (Lipinski definition) is 14. The first-order valence-corrected chi connectivity index (χ1v) is 40.4. The lowest BCUT2D eigenvalue weighted by Crippen LogP contribution is -2.68. The topological polar surface area (TPSA) is 289 Å². The third kappa shape index (κ3) is 21.6. The van der Waals surface area contributed by atoms with Gasteiger partial charge in [0, 0.05) is 94.3 Å². The van der Waals surface area contributed by atoms with Gasteiger partial charge in [-0.3, -0.25) is 57.5 Å². The van der Waals surface area contributed by atoms with Crippen molar-refractivity contribution in [2.24, 2.45) is 41.4 Å². The van der Waals surface area contributed by atoms with Crippen LogP contribution in [0.2, 0.25) is 0 Å². The van der Waals surface area contributed by atoms with Gasteiger partial charge in [-0.25, -0.2) is 17.6 Å². The summed E-state index contributed by atoms with van der Waals surface area (Å²) in [5, 5.41) is 8.17. The number of morpholine rings is 1. The molecule has 0 aromatic rings. The molecule has 0 radical (unpaired) electrons. The first-order chi connectivity index (χ1) is 53.1. The number of hydrogen-bond donors (Lipinski definition) is 3. The highest BCUT2D eigenvalue weighted by Crippen LogP contribution is 2.47. The van der Waals surface area contributed by atoms with E-state index in [2.05, 4.69) is 16.0 Å². The van der Waals surface area contributed by atoms with E-state index in [1.54, 1.807) is 20.8 Å². The predicted molar refractivity (Wildman–Crippen MR) is 388 cm³/mol. The van der Waals surface area contributed by atoms with Gasteiger partial charge in [0.1, 0.15) is 72.1 Å². The molecule has 9 fully saturated rings. The van der Waals surface area contributed by atoms with E-state index >= 15 is 51.9 Å². The summed E-state index contributed by atoms with van der Waals surface area (Å²) >= 11 is 0. The molecule has 3 N–H and O–H groups in total. The van der Waals surface area contributed by atoms with Crippen molar-refractivity contribution < 1.29 is 111 Å². The number of fused-ring (bicyclic) bond motifs is 3. The smallest absolute Gasteiger partial charge is 0.378 e. The standard InChI is InChI=1S/C77H116F10N12O14/c1-10-113-50-37-56-66(104)90-74(26-16-27-74)73(111)96(9)64(47-17-13-14-18-47)72(110)95(8)57(69(107)97-29-31-112-32-30-97)38-60(101)94(7)55(33-44(2)3)65(103)89-63(48-39-75(80,81)40-48)71(109)92(5)43-61(102)93(6)54-19-12-11-15-28-98(70(54)108)58(36-45-20-23-49(24-21-45)76(82,83)84)68(106)91(4)42-59(100)88-53(67(105)99(56)41-50)25-22-46-34-51(78)62(52(79)35-46)77(85,86)87/h44-58,62-64H,10-43H2,1-9H3,(H,88,100)(H,89,103)(H,90,104)/t45?,46?,49?,50-,51?,52?,53+,54+,55+,56+,57+,58+,62?,63+,64+/m1/s1. The highest BCUT2D eigenvalue weighted by Gasteiger charge is 2.57. The third-order valence-electron chi connectivity index (χ3n) is 25.5. The molecule has 2 unspecified atom stereocenters. The number of rotatable bonds is 12. The molecular weight excluding hydrogens is 1510 g/mol. The van der Waals surface area contributed by atoms with Crippen LogP contribution in [0.15, 0.2) is 0 Å². The fraction of sp³-hybridized carbons (Fsp3) is 0.844. The lowest BCUT2D eigenvalue weighted by atomic mass is 9.74. The lowest BCUT2D eigenvalue weighted by Gasteiger charge is -2.47. The van der Waals surface area contributed by atoms with E-state index in [1.807, 2.05) is 0 Å². The molecule has 9 rings (SSSR count). The van der Waals surface area contributed by atoms with Gasteiger partial charge in [0.2, 0.25) is 76.8 Å². The van der Waals surface area contributed by atoms with Crippen LogP contribution >= 0.6 is 0 Å². The third-order valence-corrected chi connectivity index (χ3v) is 25.5. The maximum absolute atomic E-state index is 15.7. The van der Waals surface area contributed by atoms with Crippen LogP contribution in [0.5, 0.6) is 0 Å². The number of likely N-dealkylation sites (N-methyl/N-ethyl adjacent to an activating group) is 6. The molecule has 4 saturated heterocycles. The van der Waals surface area contributed by atoms with E-state index in [4.69, 9.17) is 9.47 Å². The molecule has 113 heavy (non-hydrogen) atoms. The van der Waals surface area contributed by atoms with E-state index in [0.29, 0.717) is 44.9 Å². The first-order valence-electron chi connectivity index (χ1n) is 40.4. The monoisotopic (exact) mass is 1620 g/mol. The second-order valence-electron chi connectivity index (χ2n) is 33.9. The van der Waals surface area contributed by atoms with Crippen LogP contribution in [-0.4, -0.2) is 307 Å². The summed E-state index contributed by atoms with van der Waals surface area (Å²) in [5.74, 6) is -22.1. The number of ether oxygens (including phenoxy) is 2. The second-order valence-corrected chi connectivity index (χ2v) is 33.9. The Morgan fingerprint density at radius 2 is 1.21 bits per heavy atom. The van der Waals surface area contributed by atoms with Crippen molar-refractivity contribution in [2.75, 3.05) is 101 Å². The molecule has 5 saturated carbocycles. The number of halogens is 10. The van der Waals surface area contributed by atoms with Gasteiger partial charge in [-0.05, 0) is 146 Å². The van der Waals surface area contributed by atoms with Crippen LogP contribution in [0.1, 0.15) is 181 Å². The zero-order valence-electron chi connectivity index (χ0n) is 66.5. The number of nitrogens with one attached hydrogen (secondary N) is 3. The maximum atomic E-state index is 15.7. The molecule has 638 valence electrons. The van der Waals surface area contributed by atoms with E-state index in [-0.39, 0.29) is 129 Å². The summed E-state index contributed by atoms with van der Waals surface area (Å²) in [6.07, 6.45) is -18.5. The largest absolute Gasteiger partial charge is 0.397 e. The molecule has 1 spiro atoms. The van der Waals surface area contributed by atoms with Gasteiger partial charge in [0.15, 0.2) is 0 Å². The summed E-state index contributed by atoms with van der Waals surface area (Å²) in [4.78, 5) is 193. The number of nitrogens with zero attached hydrogens (tertiary/aromatic N) is 9. The molecule has 26 nitrogen and oxygen atoms in total. The number of alkyl halides is 10. The summed E-state index contributed by atoms with van der Waals surface area (Å²) in [5.41, 5.74) is -1.74.